The van der Waals surface area contributed by atoms with Crippen LogP contribution < -0.4 is 10.3 Å². The van der Waals surface area contributed by atoms with Crippen LogP contribution in [0.15, 0.2) is 21.4 Å². The van der Waals surface area contributed by atoms with E-state index in [9.17, 15) is 9.35 Å². The van der Waals surface area contributed by atoms with E-state index in [-0.39, 0.29) is 22.3 Å². The number of hydrogen-bond donors (Lipinski definition) is 1. The van der Waals surface area contributed by atoms with Gasteiger partial charge in [0.05, 0.1) is 16.9 Å². The van der Waals surface area contributed by atoms with Crippen molar-refractivity contribution in [2.75, 3.05) is 13.2 Å². The standard InChI is InChI=1S/C20H28BrN3O3S/c1-12(23-28(26)20(2,3)4)15-10-14(21)11-16-17(15)22-18(24(5)19(16)25)13-6-8-27-9-7-13/h10-13,23H,6-9H2,1-5H3/t12-,28?/m1/s1. The summed E-state index contributed by atoms with van der Waals surface area (Å²) >= 11 is 2.29. The predicted octanol–water partition coefficient (Wildman–Crippen LogP) is 3.70. The minimum absolute atomic E-state index is 0.0572. The Labute approximate surface area is 177 Å². The van der Waals surface area contributed by atoms with E-state index in [1.54, 1.807) is 11.6 Å². The molecule has 2 aromatic rings. The van der Waals surface area contributed by atoms with Crippen molar-refractivity contribution in [2.24, 2.45) is 7.05 Å². The van der Waals surface area contributed by atoms with E-state index in [2.05, 4.69) is 20.7 Å². The van der Waals surface area contributed by atoms with Gasteiger partial charge in [0.15, 0.2) is 0 Å². The molecule has 1 aromatic carbocycles. The second-order valence-electron chi connectivity index (χ2n) is 8.33. The van der Waals surface area contributed by atoms with Crippen molar-refractivity contribution in [1.29, 1.82) is 0 Å². The number of halogens is 1. The zero-order valence-electron chi connectivity index (χ0n) is 17.0. The molecule has 6 nitrogen and oxygen atoms in total. The maximum absolute atomic E-state index is 13.1. The van der Waals surface area contributed by atoms with Gasteiger partial charge in [0, 0.05) is 47.6 Å². The summed E-state index contributed by atoms with van der Waals surface area (Å²) in [6, 6.07) is 3.55. The lowest BCUT2D eigenvalue weighted by molar-refractivity contribution is 0.0828. The van der Waals surface area contributed by atoms with Gasteiger partial charge in [0.1, 0.15) is 10.6 Å². The van der Waals surface area contributed by atoms with Gasteiger partial charge in [-0.05, 0) is 52.7 Å². The van der Waals surface area contributed by atoms with E-state index in [1.807, 2.05) is 39.8 Å². The lowest BCUT2D eigenvalue weighted by Crippen LogP contribution is -2.40. The Hall–Kier alpha value is -0.930. The van der Waals surface area contributed by atoms with Crippen molar-refractivity contribution in [3.63, 3.8) is 0 Å². The fourth-order valence-corrected chi connectivity index (χ4v) is 4.71. The Morgan fingerprint density at radius 1 is 1.36 bits per heavy atom. The molecule has 3 rings (SSSR count). The second kappa shape index (κ2) is 8.44. The van der Waals surface area contributed by atoms with Gasteiger partial charge in [-0.1, -0.05) is 15.9 Å². The minimum atomic E-state index is -1.23. The van der Waals surface area contributed by atoms with Crippen LogP contribution in [0.4, 0.5) is 0 Å². The number of hydrogen-bond acceptors (Lipinski definition) is 5. The van der Waals surface area contributed by atoms with Crippen LogP contribution in [0.5, 0.6) is 0 Å². The molecule has 0 radical (unpaired) electrons. The summed E-state index contributed by atoms with van der Waals surface area (Å²) in [7, 11) is 1.79. The van der Waals surface area contributed by atoms with Crippen LogP contribution in [0.1, 0.15) is 63.9 Å². The molecule has 0 bridgehead atoms. The first-order valence-corrected chi connectivity index (χ1v) is 11.5. The molecule has 2 heterocycles. The summed E-state index contributed by atoms with van der Waals surface area (Å²) in [5.74, 6) is 1.01. The van der Waals surface area contributed by atoms with Crippen molar-refractivity contribution in [1.82, 2.24) is 14.3 Å². The number of nitrogens with zero attached hydrogens (tertiary/aromatic N) is 2. The third kappa shape index (κ3) is 4.46. The third-order valence-corrected chi connectivity index (χ3v) is 7.24. The summed E-state index contributed by atoms with van der Waals surface area (Å²) < 4.78 is 23.3. The molecule has 1 unspecified atom stereocenters. The molecule has 28 heavy (non-hydrogen) atoms. The summed E-state index contributed by atoms with van der Waals surface area (Å²) in [6.45, 7) is 9.12. The Bertz CT molecular complexity index is 920. The topological polar surface area (TPSA) is 79.2 Å². The summed E-state index contributed by atoms with van der Waals surface area (Å²) in [5.41, 5.74) is 1.49. The SMILES string of the molecule is C[C@@H](N[S+]([O-])C(C)(C)C)c1cc(Br)cc2c(=O)n(C)c(C3CCOCC3)nc12. The highest BCUT2D eigenvalue weighted by Crippen LogP contribution is 2.30. The van der Waals surface area contributed by atoms with Gasteiger partial charge in [-0.25, -0.2) is 4.98 Å². The van der Waals surface area contributed by atoms with Crippen molar-refractivity contribution >= 4 is 38.2 Å². The molecule has 1 saturated heterocycles. The van der Waals surface area contributed by atoms with E-state index in [0.717, 1.165) is 28.7 Å². The average Bonchev–Trinajstić information content (AvgIpc) is 2.64. The zero-order chi connectivity index (χ0) is 20.6. The van der Waals surface area contributed by atoms with E-state index in [4.69, 9.17) is 9.72 Å². The largest absolute Gasteiger partial charge is 0.598 e. The highest BCUT2D eigenvalue weighted by molar-refractivity contribution is 9.10. The summed E-state index contributed by atoms with van der Waals surface area (Å²) in [5, 5.41) is 0.567. The molecular weight excluding hydrogens is 442 g/mol. The highest BCUT2D eigenvalue weighted by atomic mass is 79.9. The Balaban J connectivity index is 2.12. The monoisotopic (exact) mass is 469 g/mol. The van der Waals surface area contributed by atoms with Crippen molar-refractivity contribution in [2.45, 2.75) is 57.2 Å². The van der Waals surface area contributed by atoms with Crippen LogP contribution in [0.25, 0.3) is 10.9 Å². The fraction of sp³-hybridized carbons (Fsp3) is 0.600. The van der Waals surface area contributed by atoms with Gasteiger partial charge < -0.3 is 9.29 Å². The van der Waals surface area contributed by atoms with Crippen molar-refractivity contribution in [3.05, 3.63) is 38.3 Å². The molecule has 0 spiro atoms. The number of benzene rings is 1. The van der Waals surface area contributed by atoms with Crippen LogP contribution in [0.3, 0.4) is 0 Å². The number of ether oxygens (including phenoxy) is 1. The van der Waals surface area contributed by atoms with E-state index >= 15 is 0 Å². The quantitative estimate of drug-likeness (QED) is 0.690. The number of nitrogens with one attached hydrogen (secondary N) is 1. The maximum atomic E-state index is 13.1. The Morgan fingerprint density at radius 3 is 2.61 bits per heavy atom. The van der Waals surface area contributed by atoms with Gasteiger partial charge >= 0.3 is 0 Å². The molecule has 0 saturated carbocycles. The second-order valence-corrected chi connectivity index (χ2v) is 11.2. The third-order valence-electron chi connectivity index (χ3n) is 5.10. The first-order valence-electron chi connectivity index (χ1n) is 9.55. The van der Waals surface area contributed by atoms with Crippen LogP contribution in [-0.2, 0) is 23.1 Å². The fourth-order valence-electron chi connectivity index (χ4n) is 3.43. The number of rotatable bonds is 4. The van der Waals surface area contributed by atoms with Crippen LogP contribution in [-0.4, -0.2) is 32.1 Å². The van der Waals surface area contributed by atoms with Crippen molar-refractivity contribution < 1.29 is 9.29 Å². The molecule has 1 aromatic heterocycles. The lowest BCUT2D eigenvalue weighted by atomic mass is 9.98. The average molecular weight is 470 g/mol. The molecule has 1 N–H and O–H groups in total. The summed E-state index contributed by atoms with van der Waals surface area (Å²) in [6.07, 6.45) is 1.72. The van der Waals surface area contributed by atoms with Crippen molar-refractivity contribution in [3.8, 4) is 0 Å². The molecule has 1 aliphatic heterocycles. The molecule has 1 aliphatic rings. The highest BCUT2D eigenvalue weighted by Gasteiger charge is 2.30. The molecule has 1 fully saturated rings. The minimum Gasteiger partial charge on any atom is -0.598 e. The van der Waals surface area contributed by atoms with E-state index in [1.165, 1.54) is 0 Å². The number of fused-ring (bicyclic) bond motifs is 1. The Kier molecular flexibility index (Phi) is 6.56. The molecule has 8 heteroatoms. The zero-order valence-corrected chi connectivity index (χ0v) is 19.4. The smallest absolute Gasteiger partial charge is 0.261 e. The van der Waals surface area contributed by atoms with Gasteiger partial charge in [-0.15, -0.1) is 4.72 Å². The Morgan fingerprint density at radius 2 is 2.00 bits per heavy atom. The first-order chi connectivity index (χ1) is 13.1. The summed E-state index contributed by atoms with van der Waals surface area (Å²) in [4.78, 5) is 18.0. The van der Waals surface area contributed by atoms with Crippen LogP contribution >= 0.6 is 15.9 Å². The normalized spacial score (nSPS) is 18.4. The van der Waals surface area contributed by atoms with Gasteiger partial charge in [-0.3, -0.25) is 9.36 Å². The predicted molar refractivity (Wildman–Crippen MR) is 117 cm³/mol. The van der Waals surface area contributed by atoms with Crippen LogP contribution in [0, 0.1) is 0 Å². The van der Waals surface area contributed by atoms with Gasteiger partial charge in [-0.2, -0.15) is 0 Å². The molecule has 0 aliphatic carbocycles. The van der Waals surface area contributed by atoms with Gasteiger partial charge in [0.2, 0.25) is 0 Å². The van der Waals surface area contributed by atoms with E-state index in [0.29, 0.717) is 24.1 Å². The number of aromatic nitrogens is 2. The molecule has 154 valence electrons. The molecular formula is C20H28BrN3O3S. The maximum Gasteiger partial charge on any atom is 0.261 e. The molecule has 0 amide bonds. The lowest BCUT2D eigenvalue weighted by Gasteiger charge is -2.27. The van der Waals surface area contributed by atoms with Gasteiger partial charge in [0.25, 0.3) is 5.56 Å². The van der Waals surface area contributed by atoms with E-state index < -0.39 is 11.4 Å². The van der Waals surface area contributed by atoms with Crippen LogP contribution in [0.2, 0.25) is 0 Å². The first kappa shape index (κ1) is 21.8. The molecule has 2 atom stereocenters.